The van der Waals surface area contributed by atoms with Crippen LogP contribution in [0.1, 0.15) is 16.8 Å². The maximum atomic E-state index is 13.3. The zero-order chi connectivity index (χ0) is 21.4. The van der Waals surface area contributed by atoms with Crippen molar-refractivity contribution in [2.75, 3.05) is 11.0 Å². The molecule has 154 valence electrons. The van der Waals surface area contributed by atoms with Crippen LogP contribution in [0, 0.1) is 12.7 Å². The average Bonchev–Trinajstić information content (AvgIpc) is 3.03. The Balaban J connectivity index is 1.91. The Labute approximate surface area is 178 Å². The minimum Gasteiger partial charge on any atom is -0.328 e. The van der Waals surface area contributed by atoms with Crippen molar-refractivity contribution in [3.63, 3.8) is 0 Å². The number of benzene rings is 2. The summed E-state index contributed by atoms with van der Waals surface area (Å²) >= 11 is 1.51. The van der Waals surface area contributed by atoms with Crippen molar-refractivity contribution in [2.45, 2.75) is 13.3 Å². The third kappa shape index (κ3) is 3.73. The summed E-state index contributed by atoms with van der Waals surface area (Å²) < 4.78 is 20.1. The highest BCUT2D eigenvalue weighted by molar-refractivity contribution is 7.99. The first-order valence-electron chi connectivity index (χ1n) is 9.58. The number of hydrogen-bond donors (Lipinski definition) is 1. The summed E-state index contributed by atoms with van der Waals surface area (Å²) in [6.07, 6.45) is 4.47. The van der Waals surface area contributed by atoms with Crippen molar-refractivity contribution in [1.82, 2.24) is 14.3 Å². The van der Waals surface area contributed by atoms with Gasteiger partial charge in [0.05, 0.1) is 11.4 Å². The minimum absolute atomic E-state index is 0.000618. The first-order valence-corrected chi connectivity index (χ1v) is 10.8. The molecule has 4 rings (SSSR count). The number of rotatable bonds is 5. The van der Waals surface area contributed by atoms with Crippen LogP contribution in [0.5, 0.6) is 0 Å². The van der Waals surface area contributed by atoms with Gasteiger partial charge in [-0.3, -0.25) is 9.48 Å². The second kappa shape index (κ2) is 7.99. The second-order valence-electron chi connectivity index (χ2n) is 7.43. The molecular formula is C23H23FN4OS. The Morgan fingerprint density at radius 3 is 2.50 bits per heavy atom. The molecule has 2 aromatic heterocycles. The maximum Gasteiger partial charge on any atom is 0.253 e. The summed E-state index contributed by atoms with van der Waals surface area (Å²) in [4.78, 5) is 12.1. The summed E-state index contributed by atoms with van der Waals surface area (Å²) in [5.41, 5.74) is 6.54. The molecule has 0 saturated carbocycles. The van der Waals surface area contributed by atoms with E-state index in [0.29, 0.717) is 12.0 Å². The minimum atomic E-state index is -0.243. The smallest absolute Gasteiger partial charge is 0.253 e. The van der Waals surface area contributed by atoms with Gasteiger partial charge in [0.1, 0.15) is 11.3 Å². The van der Waals surface area contributed by atoms with E-state index in [4.69, 9.17) is 5.10 Å². The fourth-order valence-corrected chi connectivity index (χ4v) is 4.12. The molecule has 0 aliphatic rings. The predicted molar refractivity (Wildman–Crippen MR) is 122 cm³/mol. The number of nitrogens with zero attached hydrogens (tertiary/aromatic N) is 3. The molecule has 2 heterocycles. The van der Waals surface area contributed by atoms with Crippen LogP contribution < -0.4 is 10.3 Å². The molecule has 0 fully saturated rings. The number of pyridine rings is 1. The van der Waals surface area contributed by atoms with Crippen LogP contribution >= 0.6 is 11.9 Å². The van der Waals surface area contributed by atoms with Crippen molar-refractivity contribution >= 4 is 28.5 Å². The fraction of sp³-hybridized carbons (Fsp3) is 0.217. The zero-order valence-corrected chi connectivity index (χ0v) is 18.2. The number of fused-ring (bicyclic) bond motifs is 1. The van der Waals surface area contributed by atoms with Gasteiger partial charge in [0.2, 0.25) is 0 Å². The lowest BCUT2D eigenvalue weighted by Crippen LogP contribution is -2.18. The Hall–Kier alpha value is -3.06. The molecule has 0 aliphatic heterocycles. The number of halogens is 1. The SMILES string of the molecule is CSNc1cc(-c2cc(C)c(=O)n(C)c2)cc2c(Cc3ccc(F)cc3)n(C)nc12. The molecule has 0 saturated heterocycles. The topological polar surface area (TPSA) is 51.9 Å². The fourth-order valence-electron chi connectivity index (χ4n) is 3.74. The number of anilines is 1. The quantitative estimate of drug-likeness (QED) is 0.475. The van der Waals surface area contributed by atoms with E-state index < -0.39 is 0 Å². The van der Waals surface area contributed by atoms with Gasteiger partial charge in [0.15, 0.2) is 0 Å². The van der Waals surface area contributed by atoms with Gasteiger partial charge < -0.3 is 9.29 Å². The molecule has 0 atom stereocenters. The van der Waals surface area contributed by atoms with E-state index in [1.807, 2.05) is 37.2 Å². The van der Waals surface area contributed by atoms with E-state index in [-0.39, 0.29) is 11.4 Å². The van der Waals surface area contributed by atoms with Crippen molar-refractivity contribution in [2.24, 2.45) is 14.1 Å². The van der Waals surface area contributed by atoms with E-state index in [2.05, 4.69) is 16.9 Å². The first kappa shape index (κ1) is 20.2. The Bertz CT molecular complexity index is 1270. The number of hydrogen-bond acceptors (Lipinski definition) is 4. The molecule has 1 N–H and O–H groups in total. The number of nitrogens with one attached hydrogen (secondary N) is 1. The Kier molecular flexibility index (Phi) is 5.39. The number of aromatic nitrogens is 3. The number of aryl methyl sites for hydroxylation is 3. The van der Waals surface area contributed by atoms with Crippen LogP contribution in [0.3, 0.4) is 0 Å². The van der Waals surface area contributed by atoms with E-state index in [1.165, 1.54) is 24.1 Å². The summed E-state index contributed by atoms with van der Waals surface area (Å²) in [5, 5.41) is 5.77. The predicted octanol–water partition coefficient (Wildman–Crippen LogP) is 4.67. The third-order valence-electron chi connectivity index (χ3n) is 5.25. The largest absolute Gasteiger partial charge is 0.328 e. The lowest BCUT2D eigenvalue weighted by atomic mass is 10.00. The Morgan fingerprint density at radius 2 is 1.83 bits per heavy atom. The third-order valence-corrected chi connectivity index (χ3v) is 5.68. The molecule has 0 spiro atoms. The van der Waals surface area contributed by atoms with E-state index in [1.54, 1.807) is 23.7 Å². The summed E-state index contributed by atoms with van der Waals surface area (Å²) in [5.74, 6) is -0.243. The lowest BCUT2D eigenvalue weighted by molar-refractivity contribution is 0.627. The van der Waals surface area contributed by atoms with Crippen LogP contribution in [0.25, 0.3) is 22.0 Å². The molecule has 5 nitrogen and oxygen atoms in total. The van der Waals surface area contributed by atoms with Gasteiger partial charge in [0.25, 0.3) is 5.56 Å². The monoisotopic (exact) mass is 422 g/mol. The second-order valence-corrected chi connectivity index (χ2v) is 8.04. The highest BCUT2D eigenvalue weighted by Crippen LogP contribution is 2.34. The molecule has 4 aromatic rings. The van der Waals surface area contributed by atoms with Crippen LogP contribution in [0.15, 0.2) is 53.5 Å². The average molecular weight is 423 g/mol. The highest BCUT2D eigenvalue weighted by Gasteiger charge is 2.16. The van der Waals surface area contributed by atoms with Crippen molar-refractivity contribution in [3.8, 4) is 11.1 Å². The maximum absolute atomic E-state index is 13.3. The van der Waals surface area contributed by atoms with Gasteiger partial charge in [-0.2, -0.15) is 5.10 Å². The van der Waals surface area contributed by atoms with Crippen LogP contribution in [0.2, 0.25) is 0 Å². The molecule has 0 bridgehead atoms. The van der Waals surface area contributed by atoms with Crippen molar-refractivity contribution < 1.29 is 4.39 Å². The molecule has 0 radical (unpaired) electrons. The van der Waals surface area contributed by atoms with Gasteiger partial charge >= 0.3 is 0 Å². The Morgan fingerprint density at radius 1 is 1.10 bits per heavy atom. The van der Waals surface area contributed by atoms with Crippen molar-refractivity contribution in [1.29, 1.82) is 0 Å². The molecular weight excluding hydrogens is 399 g/mol. The van der Waals surface area contributed by atoms with Crippen molar-refractivity contribution in [3.05, 3.63) is 81.7 Å². The molecule has 0 aliphatic carbocycles. The van der Waals surface area contributed by atoms with Gasteiger partial charge in [0, 0.05) is 43.9 Å². The summed E-state index contributed by atoms with van der Waals surface area (Å²) in [6, 6.07) is 12.7. The van der Waals surface area contributed by atoms with Gasteiger partial charge in [-0.05, 0) is 53.9 Å². The normalized spacial score (nSPS) is 11.2. The summed E-state index contributed by atoms with van der Waals surface area (Å²) in [7, 11) is 3.69. The molecule has 7 heteroatoms. The first-order chi connectivity index (χ1) is 14.4. The van der Waals surface area contributed by atoms with Gasteiger partial charge in [-0.1, -0.05) is 24.1 Å². The molecule has 30 heavy (non-hydrogen) atoms. The lowest BCUT2D eigenvalue weighted by Gasteiger charge is -2.11. The highest BCUT2D eigenvalue weighted by atomic mass is 32.2. The van der Waals surface area contributed by atoms with Crippen LogP contribution in [0.4, 0.5) is 10.1 Å². The van der Waals surface area contributed by atoms with E-state index in [9.17, 15) is 9.18 Å². The van der Waals surface area contributed by atoms with Gasteiger partial charge in [-0.25, -0.2) is 4.39 Å². The van der Waals surface area contributed by atoms with Gasteiger partial charge in [-0.15, -0.1) is 0 Å². The molecule has 2 aromatic carbocycles. The van der Waals surface area contributed by atoms with E-state index >= 15 is 0 Å². The zero-order valence-electron chi connectivity index (χ0n) is 17.4. The summed E-state index contributed by atoms with van der Waals surface area (Å²) in [6.45, 7) is 1.83. The van der Waals surface area contributed by atoms with Crippen LogP contribution in [-0.4, -0.2) is 20.6 Å². The standard InChI is InChI=1S/C23H23FN4OS/c1-14-9-17(13-27(2)23(14)29)16-11-19-21(10-15-5-7-18(24)8-6-15)28(3)25-22(19)20(12-16)26-30-4/h5-9,11-13,26H,10H2,1-4H3. The van der Waals surface area contributed by atoms with Crippen LogP contribution in [-0.2, 0) is 20.5 Å². The molecule has 0 unspecified atom stereocenters. The van der Waals surface area contributed by atoms with E-state index in [0.717, 1.165) is 39.0 Å². The molecule has 0 amide bonds.